The van der Waals surface area contributed by atoms with Crippen LogP contribution in [-0.4, -0.2) is 26.8 Å². The molecular weight excluding hydrogens is 248 g/mol. The van der Waals surface area contributed by atoms with Gasteiger partial charge in [0, 0.05) is 44.1 Å². The molecule has 0 saturated carbocycles. The molecule has 1 aliphatic rings. The molecule has 18 heavy (non-hydrogen) atoms. The molecule has 0 amide bonds. The largest absolute Gasteiger partial charge is 0.381 e. The van der Waals surface area contributed by atoms with Gasteiger partial charge in [-0.15, -0.1) is 0 Å². The average molecular weight is 269 g/mol. The monoisotopic (exact) mass is 268 g/mol. The van der Waals surface area contributed by atoms with E-state index in [9.17, 15) is 0 Å². The van der Waals surface area contributed by atoms with Crippen molar-refractivity contribution < 1.29 is 4.74 Å². The summed E-state index contributed by atoms with van der Waals surface area (Å²) in [5.74, 6) is 0.702. The number of rotatable bonds is 4. The molecule has 2 rings (SSSR count). The summed E-state index contributed by atoms with van der Waals surface area (Å²) >= 11 is 6.07. The fourth-order valence-corrected chi connectivity index (χ4v) is 2.65. The molecule has 0 aliphatic carbocycles. The molecule has 0 radical (unpaired) electrons. The summed E-state index contributed by atoms with van der Waals surface area (Å²) in [6.45, 7) is 3.36. The van der Waals surface area contributed by atoms with Gasteiger partial charge >= 0.3 is 0 Å². The SMILES string of the molecule is CN(CC1CCOCC1)c1cc(Cl)ccc1CN. The van der Waals surface area contributed by atoms with Crippen molar-refractivity contribution in [1.29, 1.82) is 0 Å². The van der Waals surface area contributed by atoms with E-state index in [1.807, 2.05) is 18.2 Å². The molecule has 0 spiro atoms. The molecule has 1 fully saturated rings. The van der Waals surface area contributed by atoms with Gasteiger partial charge in [0.1, 0.15) is 0 Å². The zero-order valence-corrected chi connectivity index (χ0v) is 11.6. The topological polar surface area (TPSA) is 38.5 Å². The number of halogens is 1. The van der Waals surface area contributed by atoms with Gasteiger partial charge < -0.3 is 15.4 Å². The van der Waals surface area contributed by atoms with Crippen molar-refractivity contribution >= 4 is 17.3 Å². The van der Waals surface area contributed by atoms with Crippen LogP contribution in [0.5, 0.6) is 0 Å². The van der Waals surface area contributed by atoms with Gasteiger partial charge in [-0.1, -0.05) is 17.7 Å². The molecule has 0 aromatic heterocycles. The Bertz CT molecular complexity index is 391. The summed E-state index contributed by atoms with van der Waals surface area (Å²) in [5.41, 5.74) is 8.08. The van der Waals surface area contributed by atoms with Crippen molar-refractivity contribution in [3.63, 3.8) is 0 Å². The first-order valence-corrected chi connectivity index (χ1v) is 6.86. The predicted molar refractivity (Wildman–Crippen MR) is 76.2 cm³/mol. The van der Waals surface area contributed by atoms with Crippen LogP contribution in [0.3, 0.4) is 0 Å². The molecule has 0 atom stereocenters. The summed E-state index contributed by atoms with van der Waals surface area (Å²) in [6, 6.07) is 5.91. The first-order chi connectivity index (χ1) is 8.70. The summed E-state index contributed by atoms with van der Waals surface area (Å²) < 4.78 is 5.39. The first-order valence-electron chi connectivity index (χ1n) is 6.48. The number of nitrogens with zero attached hydrogens (tertiary/aromatic N) is 1. The normalized spacial score (nSPS) is 16.8. The highest BCUT2D eigenvalue weighted by Crippen LogP contribution is 2.26. The molecule has 1 saturated heterocycles. The third kappa shape index (κ3) is 3.37. The molecule has 1 aromatic carbocycles. The van der Waals surface area contributed by atoms with Crippen molar-refractivity contribution in [1.82, 2.24) is 0 Å². The van der Waals surface area contributed by atoms with E-state index in [1.165, 1.54) is 0 Å². The zero-order valence-electron chi connectivity index (χ0n) is 10.9. The van der Waals surface area contributed by atoms with Gasteiger partial charge in [0.15, 0.2) is 0 Å². The van der Waals surface area contributed by atoms with Crippen molar-refractivity contribution in [3.8, 4) is 0 Å². The van der Waals surface area contributed by atoms with E-state index >= 15 is 0 Å². The minimum absolute atomic E-state index is 0.546. The highest BCUT2D eigenvalue weighted by molar-refractivity contribution is 6.30. The first kappa shape index (κ1) is 13.7. The van der Waals surface area contributed by atoms with Gasteiger partial charge in [-0.2, -0.15) is 0 Å². The Morgan fingerprint density at radius 1 is 1.39 bits per heavy atom. The summed E-state index contributed by atoms with van der Waals surface area (Å²) in [4.78, 5) is 2.27. The second-order valence-corrected chi connectivity index (χ2v) is 5.35. The fraction of sp³-hybridized carbons (Fsp3) is 0.571. The van der Waals surface area contributed by atoms with Crippen LogP contribution in [0, 0.1) is 5.92 Å². The molecule has 2 N–H and O–H groups in total. The molecule has 0 bridgehead atoms. The highest BCUT2D eigenvalue weighted by Gasteiger charge is 2.17. The van der Waals surface area contributed by atoms with Crippen molar-refractivity contribution in [2.24, 2.45) is 11.7 Å². The van der Waals surface area contributed by atoms with Crippen LogP contribution in [0.2, 0.25) is 5.02 Å². The highest BCUT2D eigenvalue weighted by atomic mass is 35.5. The summed E-state index contributed by atoms with van der Waals surface area (Å²) in [7, 11) is 2.11. The lowest BCUT2D eigenvalue weighted by Crippen LogP contribution is -2.30. The van der Waals surface area contributed by atoms with E-state index in [2.05, 4.69) is 11.9 Å². The van der Waals surface area contributed by atoms with Crippen LogP contribution in [-0.2, 0) is 11.3 Å². The Kier molecular flexibility index (Phi) is 4.87. The average Bonchev–Trinajstić information content (AvgIpc) is 2.40. The molecule has 1 heterocycles. The molecule has 1 aromatic rings. The van der Waals surface area contributed by atoms with Gasteiger partial charge in [-0.25, -0.2) is 0 Å². The summed E-state index contributed by atoms with van der Waals surface area (Å²) in [5, 5.41) is 0.765. The lowest BCUT2D eigenvalue weighted by Gasteiger charge is -2.29. The lowest BCUT2D eigenvalue weighted by atomic mass is 9.99. The minimum Gasteiger partial charge on any atom is -0.381 e. The maximum atomic E-state index is 6.07. The van der Waals surface area contributed by atoms with Gasteiger partial charge in [-0.3, -0.25) is 0 Å². The Morgan fingerprint density at radius 3 is 2.78 bits per heavy atom. The predicted octanol–water partition coefficient (Wildman–Crippen LogP) is 2.66. The Labute approximate surface area is 114 Å². The van der Waals surface area contributed by atoms with Gasteiger partial charge in [0.05, 0.1) is 0 Å². The maximum Gasteiger partial charge on any atom is 0.0469 e. The Hall–Kier alpha value is -0.770. The number of ether oxygens (including phenoxy) is 1. The second kappa shape index (κ2) is 6.41. The van der Waals surface area contributed by atoms with E-state index in [4.69, 9.17) is 22.1 Å². The van der Waals surface area contributed by atoms with Gasteiger partial charge in [0.25, 0.3) is 0 Å². The van der Waals surface area contributed by atoms with Crippen LogP contribution in [0.25, 0.3) is 0 Å². The van der Waals surface area contributed by atoms with E-state index in [0.29, 0.717) is 12.5 Å². The van der Waals surface area contributed by atoms with Crippen LogP contribution >= 0.6 is 11.6 Å². The quantitative estimate of drug-likeness (QED) is 0.912. The van der Waals surface area contributed by atoms with E-state index in [0.717, 1.165) is 48.9 Å². The zero-order chi connectivity index (χ0) is 13.0. The fourth-order valence-electron chi connectivity index (χ4n) is 2.48. The smallest absolute Gasteiger partial charge is 0.0469 e. The standard InChI is InChI=1S/C14H21ClN2O/c1-17(10-11-4-6-18-7-5-11)14-8-13(15)3-2-12(14)9-16/h2-3,8,11H,4-7,9-10,16H2,1H3. The van der Waals surface area contributed by atoms with Gasteiger partial charge in [-0.05, 0) is 36.5 Å². The molecular formula is C14H21ClN2O. The van der Waals surface area contributed by atoms with Crippen LogP contribution < -0.4 is 10.6 Å². The molecule has 0 unspecified atom stereocenters. The second-order valence-electron chi connectivity index (χ2n) is 4.91. The number of hydrogen-bond acceptors (Lipinski definition) is 3. The lowest BCUT2D eigenvalue weighted by molar-refractivity contribution is 0.0685. The molecule has 1 aliphatic heterocycles. The summed E-state index contributed by atoms with van der Waals surface area (Å²) in [6.07, 6.45) is 2.28. The van der Waals surface area contributed by atoms with Crippen molar-refractivity contribution in [2.75, 3.05) is 31.7 Å². The molecule has 3 nitrogen and oxygen atoms in total. The van der Waals surface area contributed by atoms with E-state index in [-0.39, 0.29) is 0 Å². The Morgan fingerprint density at radius 2 is 2.11 bits per heavy atom. The van der Waals surface area contributed by atoms with Gasteiger partial charge in [0.2, 0.25) is 0 Å². The van der Waals surface area contributed by atoms with Crippen molar-refractivity contribution in [3.05, 3.63) is 28.8 Å². The van der Waals surface area contributed by atoms with E-state index in [1.54, 1.807) is 0 Å². The van der Waals surface area contributed by atoms with Crippen LogP contribution in [0.15, 0.2) is 18.2 Å². The van der Waals surface area contributed by atoms with Crippen LogP contribution in [0.1, 0.15) is 18.4 Å². The number of benzene rings is 1. The number of hydrogen-bond donors (Lipinski definition) is 1. The number of nitrogens with two attached hydrogens (primary N) is 1. The molecule has 4 heteroatoms. The minimum atomic E-state index is 0.546. The van der Waals surface area contributed by atoms with Crippen LogP contribution in [0.4, 0.5) is 5.69 Å². The maximum absolute atomic E-state index is 6.07. The third-order valence-corrected chi connectivity index (χ3v) is 3.79. The third-order valence-electron chi connectivity index (χ3n) is 3.55. The molecule has 100 valence electrons. The Balaban J connectivity index is 2.07. The number of anilines is 1. The van der Waals surface area contributed by atoms with E-state index < -0.39 is 0 Å². The van der Waals surface area contributed by atoms with Crippen molar-refractivity contribution in [2.45, 2.75) is 19.4 Å².